The van der Waals surface area contributed by atoms with E-state index in [1.54, 1.807) is 11.3 Å². The molecule has 0 saturated carbocycles. The van der Waals surface area contributed by atoms with Crippen molar-refractivity contribution in [3.05, 3.63) is 22.4 Å². The van der Waals surface area contributed by atoms with Gasteiger partial charge < -0.3 is 0 Å². The molecule has 2 heteroatoms. The van der Waals surface area contributed by atoms with Gasteiger partial charge >= 0.3 is 0 Å². The molecule has 0 atom stereocenters. The molecule has 0 saturated heterocycles. The highest BCUT2D eigenvalue weighted by atomic mass is 32.1. The first kappa shape index (κ1) is 7.16. The van der Waals surface area contributed by atoms with E-state index in [0.29, 0.717) is 0 Å². The molecule has 0 aliphatic carbocycles. The molecule has 0 radical (unpaired) electrons. The molecule has 1 aromatic rings. The van der Waals surface area contributed by atoms with Crippen LogP contribution in [0.1, 0.15) is 18.7 Å². The van der Waals surface area contributed by atoms with Crippen LogP contribution in [0.4, 0.5) is 0 Å². The van der Waals surface area contributed by atoms with Crippen molar-refractivity contribution in [1.82, 2.24) is 0 Å². The van der Waals surface area contributed by atoms with E-state index < -0.39 is 0 Å². The highest BCUT2D eigenvalue weighted by molar-refractivity contribution is 7.81. The Morgan fingerprint density at radius 3 is 2.44 bits per heavy atom. The van der Waals surface area contributed by atoms with Crippen molar-refractivity contribution in [2.45, 2.75) is 18.6 Å². The molecular formula is C7H10S2. The van der Waals surface area contributed by atoms with Crippen LogP contribution in [-0.2, 0) is 4.75 Å². The second kappa shape index (κ2) is 2.35. The number of thiophene rings is 1. The normalized spacial score (nSPS) is 11.9. The zero-order valence-corrected chi connectivity index (χ0v) is 7.30. The first-order valence-corrected chi connectivity index (χ1v) is 4.20. The molecule has 50 valence electrons. The summed E-state index contributed by atoms with van der Waals surface area (Å²) < 4.78 is 0.0359. The van der Waals surface area contributed by atoms with Crippen LogP contribution < -0.4 is 0 Å². The molecule has 0 nitrogen and oxygen atoms in total. The number of rotatable bonds is 1. The Labute approximate surface area is 65.3 Å². The van der Waals surface area contributed by atoms with E-state index in [9.17, 15) is 0 Å². The third-order valence-electron chi connectivity index (χ3n) is 1.12. The lowest BCUT2D eigenvalue weighted by molar-refractivity contribution is 0.812. The van der Waals surface area contributed by atoms with E-state index in [4.69, 9.17) is 0 Å². The van der Waals surface area contributed by atoms with Crippen molar-refractivity contribution < 1.29 is 0 Å². The summed E-state index contributed by atoms with van der Waals surface area (Å²) in [6, 6.07) is 4.16. The first-order valence-electron chi connectivity index (χ1n) is 2.87. The summed E-state index contributed by atoms with van der Waals surface area (Å²) in [6.45, 7) is 4.20. The Bertz CT molecular complexity index is 169. The van der Waals surface area contributed by atoms with Crippen molar-refractivity contribution in [2.75, 3.05) is 0 Å². The van der Waals surface area contributed by atoms with E-state index in [0.717, 1.165) is 0 Å². The summed E-state index contributed by atoms with van der Waals surface area (Å²) in [4.78, 5) is 1.32. The van der Waals surface area contributed by atoms with Gasteiger partial charge in [0, 0.05) is 9.62 Å². The van der Waals surface area contributed by atoms with Crippen LogP contribution >= 0.6 is 24.0 Å². The molecule has 0 aliphatic rings. The van der Waals surface area contributed by atoms with Crippen LogP contribution in [0.15, 0.2) is 17.5 Å². The van der Waals surface area contributed by atoms with Crippen molar-refractivity contribution in [2.24, 2.45) is 0 Å². The lowest BCUT2D eigenvalue weighted by Crippen LogP contribution is -2.03. The largest absolute Gasteiger partial charge is 0.167 e. The van der Waals surface area contributed by atoms with Gasteiger partial charge in [-0.1, -0.05) is 6.07 Å². The maximum Gasteiger partial charge on any atom is 0.0415 e. The predicted octanol–water partition coefficient (Wildman–Crippen LogP) is 2.91. The molecule has 9 heavy (non-hydrogen) atoms. The number of hydrogen-bond acceptors (Lipinski definition) is 2. The van der Waals surface area contributed by atoms with Gasteiger partial charge in [0.15, 0.2) is 0 Å². The summed E-state index contributed by atoms with van der Waals surface area (Å²) in [5, 5.41) is 2.08. The van der Waals surface area contributed by atoms with E-state index in [-0.39, 0.29) is 4.75 Å². The topological polar surface area (TPSA) is 0 Å². The van der Waals surface area contributed by atoms with Crippen LogP contribution in [0, 0.1) is 0 Å². The van der Waals surface area contributed by atoms with Gasteiger partial charge in [-0.2, -0.15) is 12.6 Å². The molecule has 0 aliphatic heterocycles. The second-order valence-corrected chi connectivity index (χ2v) is 4.60. The first-order chi connectivity index (χ1) is 4.11. The molecule has 0 spiro atoms. The van der Waals surface area contributed by atoms with Crippen LogP contribution in [0.2, 0.25) is 0 Å². The fourth-order valence-corrected chi connectivity index (χ4v) is 1.61. The zero-order chi connectivity index (χ0) is 6.91. The highest BCUT2D eigenvalue weighted by Gasteiger charge is 2.14. The van der Waals surface area contributed by atoms with E-state index >= 15 is 0 Å². The monoisotopic (exact) mass is 158 g/mol. The minimum absolute atomic E-state index is 0.0359. The third-order valence-corrected chi connectivity index (χ3v) is 2.71. The molecule has 0 fully saturated rings. The molecular weight excluding hydrogens is 148 g/mol. The van der Waals surface area contributed by atoms with Gasteiger partial charge in [-0.3, -0.25) is 0 Å². The summed E-state index contributed by atoms with van der Waals surface area (Å²) in [7, 11) is 0. The van der Waals surface area contributed by atoms with Crippen molar-refractivity contribution in [3.63, 3.8) is 0 Å². The van der Waals surface area contributed by atoms with Crippen LogP contribution in [0.3, 0.4) is 0 Å². The molecule has 1 rings (SSSR count). The Morgan fingerprint density at radius 1 is 1.56 bits per heavy atom. The SMILES string of the molecule is CC(C)(S)c1cccs1. The van der Waals surface area contributed by atoms with Crippen molar-refractivity contribution in [1.29, 1.82) is 0 Å². The summed E-state index contributed by atoms with van der Waals surface area (Å²) in [6.07, 6.45) is 0. The van der Waals surface area contributed by atoms with Gasteiger partial charge in [0.2, 0.25) is 0 Å². The Morgan fingerprint density at radius 2 is 2.22 bits per heavy atom. The molecule has 1 heterocycles. The minimum Gasteiger partial charge on any atom is -0.167 e. The van der Waals surface area contributed by atoms with Crippen molar-refractivity contribution in [3.8, 4) is 0 Å². The maximum absolute atomic E-state index is 4.42. The summed E-state index contributed by atoms with van der Waals surface area (Å²) >= 11 is 6.17. The molecule has 0 amide bonds. The van der Waals surface area contributed by atoms with E-state index in [2.05, 4.69) is 44.0 Å². The van der Waals surface area contributed by atoms with Crippen LogP contribution in [0.5, 0.6) is 0 Å². The van der Waals surface area contributed by atoms with Gasteiger partial charge in [0.05, 0.1) is 0 Å². The minimum atomic E-state index is 0.0359. The smallest absolute Gasteiger partial charge is 0.0415 e. The molecule has 0 unspecified atom stereocenters. The number of thiol groups is 1. The van der Waals surface area contributed by atoms with Crippen LogP contribution in [0.25, 0.3) is 0 Å². The zero-order valence-electron chi connectivity index (χ0n) is 5.59. The number of hydrogen-bond donors (Lipinski definition) is 1. The molecule has 0 bridgehead atoms. The Hall–Kier alpha value is 0.0500. The van der Waals surface area contributed by atoms with E-state index in [1.165, 1.54) is 4.88 Å². The molecule has 1 aromatic heterocycles. The molecule has 0 N–H and O–H groups in total. The fraction of sp³-hybridized carbons (Fsp3) is 0.429. The van der Waals surface area contributed by atoms with Gasteiger partial charge in [-0.05, 0) is 25.3 Å². The van der Waals surface area contributed by atoms with Gasteiger partial charge in [-0.25, -0.2) is 0 Å². The summed E-state index contributed by atoms with van der Waals surface area (Å²) in [5.41, 5.74) is 0. The van der Waals surface area contributed by atoms with Gasteiger partial charge in [0.1, 0.15) is 0 Å². The fourth-order valence-electron chi connectivity index (χ4n) is 0.627. The average Bonchev–Trinajstić information content (AvgIpc) is 2.08. The van der Waals surface area contributed by atoms with Crippen LogP contribution in [-0.4, -0.2) is 0 Å². The van der Waals surface area contributed by atoms with Crippen molar-refractivity contribution >= 4 is 24.0 Å². The Kier molecular flexibility index (Phi) is 1.87. The van der Waals surface area contributed by atoms with E-state index in [1.807, 2.05) is 0 Å². The van der Waals surface area contributed by atoms with Gasteiger partial charge in [-0.15, -0.1) is 11.3 Å². The quantitative estimate of drug-likeness (QED) is 0.597. The molecule has 0 aromatic carbocycles. The lowest BCUT2D eigenvalue weighted by atomic mass is 10.2. The Balaban J connectivity index is 2.90. The predicted molar refractivity (Wildman–Crippen MR) is 46.3 cm³/mol. The maximum atomic E-state index is 4.42. The third kappa shape index (κ3) is 1.73. The average molecular weight is 158 g/mol. The second-order valence-electron chi connectivity index (χ2n) is 2.54. The lowest BCUT2D eigenvalue weighted by Gasteiger charge is -2.13. The highest BCUT2D eigenvalue weighted by Crippen LogP contribution is 2.30. The van der Waals surface area contributed by atoms with Gasteiger partial charge in [0.25, 0.3) is 0 Å². The summed E-state index contributed by atoms with van der Waals surface area (Å²) in [5.74, 6) is 0. The standard InChI is InChI=1S/C7H10S2/c1-7(2,8)6-4-3-5-9-6/h3-5,8H,1-2H3.